The molecule has 0 fully saturated rings. The van der Waals surface area contributed by atoms with E-state index in [4.69, 9.17) is 5.73 Å². The smallest absolute Gasteiger partial charge is 0.123 e. The summed E-state index contributed by atoms with van der Waals surface area (Å²) in [5.41, 5.74) is 13.9. The van der Waals surface area contributed by atoms with Crippen molar-refractivity contribution in [1.29, 1.82) is 0 Å². The van der Waals surface area contributed by atoms with E-state index < -0.39 is 0 Å². The summed E-state index contributed by atoms with van der Waals surface area (Å²) < 4.78 is 13.7. The zero-order valence-corrected chi connectivity index (χ0v) is 17.3. The molecule has 148 valence electrons. The van der Waals surface area contributed by atoms with Crippen LogP contribution < -0.4 is 11.2 Å². The summed E-state index contributed by atoms with van der Waals surface area (Å²) in [6, 6.07) is 4.83. The third-order valence-corrected chi connectivity index (χ3v) is 4.20. The van der Waals surface area contributed by atoms with Crippen LogP contribution in [0.5, 0.6) is 0 Å². The van der Waals surface area contributed by atoms with Crippen LogP contribution in [0.3, 0.4) is 0 Å². The molecule has 0 radical (unpaired) electrons. The molecule has 0 aromatic heterocycles. The van der Waals surface area contributed by atoms with Crippen molar-refractivity contribution in [2.45, 2.75) is 34.1 Å². The summed E-state index contributed by atoms with van der Waals surface area (Å²) >= 11 is 0. The molecule has 4 nitrogen and oxygen atoms in total. The monoisotopic (exact) mass is 372 g/mol. The molecule has 1 rings (SSSR count). The second-order valence-electron chi connectivity index (χ2n) is 7.00. The predicted octanol–water partition coefficient (Wildman–Crippen LogP) is 4.31. The topological polar surface area (TPSA) is 53.6 Å². The summed E-state index contributed by atoms with van der Waals surface area (Å²) in [6.07, 6.45) is 2.69. The fraction of sp³-hybridized carbons (Fsp3) is 0.409. The third kappa shape index (κ3) is 7.02. The molecule has 27 heavy (non-hydrogen) atoms. The van der Waals surface area contributed by atoms with Gasteiger partial charge in [0.2, 0.25) is 0 Å². The standard InChI is InChI=1S/C22H33FN4/c1-8-19-9-10-20(23)11-21(19)16(4)13-27(25-7)14-22(17(5)24)18(6)26-12-15(2)3/h9-11,14-15,25H,4-5,8,12-13,24H2,1-3,6-7H3/b22-14+,26-18+. The van der Waals surface area contributed by atoms with Gasteiger partial charge in [-0.15, -0.1) is 0 Å². The Balaban J connectivity index is 3.10. The number of benzene rings is 1. The van der Waals surface area contributed by atoms with Crippen molar-refractivity contribution in [2.75, 3.05) is 20.1 Å². The number of hydrazine groups is 1. The molecule has 0 unspecified atom stereocenters. The molecular weight excluding hydrogens is 339 g/mol. The Morgan fingerprint density at radius 2 is 2.04 bits per heavy atom. The molecule has 0 atom stereocenters. The molecule has 0 saturated heterocycles. The average molecular weight is 373 g/mol. The Morgan fingerprint density at radius 1 is 1.37 bits per heavy atom. The maximum atomic E-state index is 13.7. The summed E-state index contributed by atoms with van der Waals surface area (Å²) in [5, 5.41) is 1.86. The first-order valence-corrected chi connectivity index (χ1v) is 9.28. The van der Waals surface area contributed by atoms with Crippen molar-refractivity contribution in [3.63, 3.8) is 0 Å². The molecule has 0 amide bonds. The maximum absolute atomic E-state index is 13.7. The summed E-state index contributed by atoms with van der Waals surface area (Å²) in [4.78, 5) is 4.59. The van der Waals surface area contributed by atoms with E-state index in [0.717, 1.165) is 41.0 Å². The summed E-state index contributed by atoms with van der Waals surface area (Å²) in [6.45, 7) is 17.4. The van der Waals surface area contributed by atoms with Gasteiger partial charge in [0.15, 0.2) is 0 Å². The lowest BCUT2D eigenvalue weighted by atomic mass is 9.98. The number of rotatable bonds is 10. The van der Waals surface area contributed by atoms with Gasteiger partial charge in [0.25, 0.3) is 0 Å². The van der Waals surface area contributed by atoms with Crippen LogP contribution in [0.15, 0.2) is 53.8 Å². The molecule has 1 aromatic rings. The highest BCUT2D eigenvalue weighted by Gasteiger charge is 2.12. The van der Waals surface area contributed by atoms with Crippen molar-refractivity contribution < 1.29 is 4.39 Å². The number of nitrogens with zero attached hydrogens (tertiary/aromatic N) is 2. The second kappa shape index (κ2) is 10.7. The number of hydrogen-bond donors (Lipinski definition) is 2. The Hall–Kier alpha value is -2.40. The van der Waals surface area contributed by atoms with Crippen LogP contribution >= 0.6 is 0 Å². The molecule has 0 heterocycles. The van der Waals surface area contributed by atoms with Gasteiger partial charge in [0.1, 0.15) is 5.82 Å². The largest absolute Gasteiger partial charge is 0.399 e. The van der Waals surface area contributed by atoms with Gasteiger partial charge in [-0.05, 0) is 48.1 Å². The van der Waals surface area contributed by atoms with E-state index in [-0.39, 0.29) is 5.82 Å². The van der Waals surface area contributed by atoms with E-state index in [1.165, 1.54) is 12.1 Å². The lowest BCUT2D eigenvalue weighted by Crippen LogP contribution is -2.32. The third-order valence-electron chi connectivity index (χ3n) is 4.20. The first-order chi connectivity index (χ1) is 12.7. The lowest BCUT2D eigenvalue weighted by Gasteiger charge is -2.23. The number of aryl methyl sites for hydroxylation is 1. The van der Waals surface area contributed by atoms with Crippen molar-refractivity contribution in [1.82, 2.24) is 10.4 Å². The van der Waals surface area contributed by atoms with Crippen molar-refractivity contribution in [2.24, 2.45) is 16.6 Å². The Kier molecular flexibility index (Phi) is 8.95. The fourth-order valence-electron chi connectivity index (χ4n) is 2.64. The van der Waals surface area contributed by atoms with E-state index in [1.807, 2.05) is 38.2 Å². The van der Waals surface area contributed by atoms with Crippen molar-refractivity contribution in [3.05, 3.63) is 65.8 Å². The molecule has 3 N–H and O–H groups in total. The molecule has 0 aliphatic rings. The van der Waals surface area contributed by atoms with Crippen LogP contribution in [0, 0.1) is 11.7 Å². The van der Waals surface area contributed by atoms with Gasteiger partial charge in [-0.2, -0.15) is 0 Å². The van der Waals surface area contributed by atoms with E-state index >= 15 is 0 Å². The molecule has 5 heteroatoms. The van der Waals surface area contributed by atoms with Crippen molar-refractivity contribution in [3.8, 4) is 0 Å². The molecule has 1 aromatic carbocycles. The van der Waals surface area contributed by atoms with Gasteiger partial charge in [-0.1, -0.05) is 40.0 Å². The minimum atomic E-state index is -0.261. The fourth-order valence-corrected chi connectivity index (χ4v) is 2.64. The van der Waals surface area contributed by atoms with Gasteiger partial charge < -0.3 is 10.7 Å². The summed E-state index contributed by atoms with van der Waals surface area (Å²) in [5.74, 6) is 0.204. The van der Waals surface area contributed by atoms with Crippen LogP contribution in [0.1, 0.15) is 38.8 Å². The van der Waals surface area contributed by atoms with Crippen LogP contribution in [-0.2, 0) is 6.42 Å². The van der Waals surface area contributed by atoms with E-state index in [0.29, 0.717) is 18.2 Å². The highest BCUT2D eigenvalue weighted by Crippen LogP contribution is 2.21. The minimum absolute atomic E-state index is 0.261. The first-order valence-electron chi connectivity index (χ1n) is 9.28. The highest BCUT2D eigenvalue weighted by molar-refractivity contribution is 6.01. The number of halogens is 1. The molecule has 0 saturated carbocycles. The van der Waals surface area contributed by atoms with Gasteiger partial charge in [-0.25, -0.2) is 9.82 Å². The molecule has 0 aliphatic carbocycles. The van der Waals surface area contributed by atoms with Gasteiger partial charge >= 0.3 is 0 Å². The van der Waals surface area contributed by atoms with Crippen molar-refractivity contribution >= 4 is 11.3 Å². The number of nitrogens with one attached hydrogen (secondary N) is 1. The first kappa shape index (κ1) is 22.6. The molecule has 0 spiro atoms. The average Bonchev–Trinajstić information content (AvgIpc) is 2.62. The highest BCUT2D eigenvalue weighted by atomic mass is 19.1. The van der Waals surface area contributed by atoms with Crippen LogP contribution in [-0.4, -0.2) is 30.9 Å². The zero-order valence-electron chi connectivity index (χ0n) is 17.3. The summed E-state index contributed by atoms with van der Waals surface area (Å²) in [7, 11) is 1.81. The molecular formula is C22H33FN4. The second-order valence-corrected chi connectivity index (χ2v) is 7.00. The molecule has 0 bridgehead atoms. The Labute approximate surface area is 163 Å². The van der Waals surface area contributed by atoms with E-state index in [9.17, 15) is 4.39 Å². The quantitative estimate of drug-likeness (QED) is 0.365. The maximum Gasteiger partial charge on any atom is 0.123 e. The van der Waals surface area contributed by atoms with Gasteiger partial charge in [0, 0.05) is 36.8 Å². The van der Waals surface area contributed by atoms with E-state index in [2.05, 4.69) is 37.4 Å². The number of allylic oxidation sites excluding steroid dienone is 1. The number of nitrogens with two attached hydrogens (primary N) is 1. The Bertz CT molecular complexity index is 732. The normalized spacial score (nSPS) is 12.4. The molecule has 0 aliphatic heterocycles. The zero-order chi connectivity index (χ0) is 20.6. The van der Waals surface area contributed by atoms with E-state index in [1.54, 1.807) is 0 Å². The van der Waals surface area contributed by atoms with Crippen LogP contribution in [0.4, 0.5) is 4.39 Å². The van der Waals surface area contributed by atoms with Gasteiger partial charge in [0.05, 0.1) is 6.54 Å². The van der Waals surface area contributed by atoms with Crippen LogP contribution in [0.2, 0.25) is 0 Å². The minimum Gasteiger partial charge on any atom is -0.399 e. The number of aliphatic imine (C=N–C) groups is 1. The number of hydrogen-bond acceptors (Lipinski definition) is 4. The van der Waals surface area contributed by atoms with Crippen LogP contribution in [0.25, 0.3) is 5.57 Å². The Morgan fingerprint density at radius 3 is 2.56 bits per heavy atom. The van der Waals surface area contributed by atoms with Gasteiger partial charge in [-0.3, -0.25) is 4.99 Å². The predicted molar refractivity (Wildman–Crippen MR) is 115 cm³/mol. The lowest BCUT2D eigenvalue weighted by molar-refractivity contribution is 0.334. The SMILES string of the molecule is C=C(N)C(=C\N(CC(=C)c1cc(F)ccc1CC)NC)/C(C)=N/CC(C)C.